The van der Waals surface area contributed by atoms with Gasteiger partial charge in [0, 0.05) is 17.0 Å². The summed E-state index contributed by atoms with van der Waals surface area (Å²) in [5, 5.41) is 7.85. The van der Waals surface area contributed by atoms with E-state index in [-0.39, 0.29) is 18.4 Å². The first-order valence-electron chi connectivity index (χ1n) is 9.88. The van der Waals surface area contributed by atoms with Crippen LogP contribution in [-0.2, 0) is 9.59 Å². The summed E-state index contributed by atoms with van der Waals surface area (Å²) < 4.78 is 16.2. The Labute approximate surface area is 188 Å². The number of nitrogens with one attached hydrogen (secondary N) is 2. The van der Waals surface area contributed by atoms with Crippen molar-refractivity contribution in [1.82, 2.24) is 4.98 Å². The van der Waals surface area contributed by atoms with Gasteiger partial charge in [0.25, 0.3) is 5.91 Å². The predicted molar refractivity (Wildman–Crippen MR) is 124 cm³/mol. The van der Waals surface area contributed by atoms with Gasteiger partial charge in [-0.25, -0.2) is 4.98 Å². The van der Waals surface area contributed by atoms with Gasteiger partial charge in [-0.05, 0) is 48.9 Å². The van der Waals surface area contributed by atoms with Crippen LogP contribution in [0.25, 0.3) is 17.3 Å². The monoisotopic (exact) mass is 451 g/mol. The van der Waals surface area contributed by atoms with Crippen LogP contribution in [0, 0.1) is 0 Å². The minimum absolute atomic E-state index is 0.0101. The van der Waals surface area contributed by atoms with Crippen LogP contribution in [0.5, 0.6) is 17.2 Å². The fourth-order valence-electron chi connectivity index (χ4n) is 3.09. The molecule has 1 aliphatic heterocycles. The number of hydrogen-bond donors (Lipinski definition) is 2. The minimum atomic E-state index is -0.301. The van der Waals surface area contributed by atoms with Crippen LogP contribution in [0.2, 0.25) is 0 Å². The van der Waals surface area contributed by atoms with Gasteiger partial charge in [-0.1, -0.05) is 6.07 Å². The first kappa shape index (κ1) is 21.4. The van der Waals surface area contributed by atoms with Crippen LogP contribution < -0.4 is 24.8 Å². The molecule has 0 unspecified atom stereocenters. The Morgan fingerprint density at radius 2 is 2.16 bits per heavy atom. The molecule has 0 bridgehead atoms. The zero-order valence-electron chi connectivity index (χ0n) is 17.5. The number of carbonyl (C=O) groups is 2. The van der Waals surface area contributed by atoms with Gasteiger partial charge in [0.1, 0.15) is 5.75 Å². The molecule has 32 heavy (non-hydrogen) atoms. The van der Waals surface area contributed by atoms with Crippen LogP contribution in [0.4, 0.5) is 10.8 Å². The van der Waals surface area contributed by atoms with Crippen LogP contribution in [0.15, 0.2) is 47.9 Å². The van der Waals surface area contributed by atoms with Gasteiger partial charge in [0.15, 0.2) is 23.2 Å². The molecule has 1 aliphatic rings. The normalized spacial score (nSPS) is 12.6. The van der Waals surface area contributed by atoms with Gasteiger partial charge in [-0.3, -0.25) is 14.9 Å². The van der Waals surface area contributed by atoms with Gasteiger partial charge in [-0.2, -0.15) is 0 Å². The molecule has 164 valence electrons. The van der Waals surface area contributed by atoms with Gasteiger partial charge in [0.2, 0.25) is 5.91 Å². The van der Waals surface area contributed by atoms with Crippen LogP contribution in [-0.4, -0.2) is 37.1 Å². The largest absolute Gasteiger partial charge is 0.493 e. The Hall–Kier alpha value is -3.85. The topological polar surface area (TPSA) is 98.8 Å². The van der Waals surface area contributed by atoms with Crippen LogP contribution in [0.3, 0.4) is 0 Å². The van der Waals surface area contributed by atoms with Crippen molar-refractivity contribution in [2.75, 3.05) is 31.0 Å². The number of anilines is 2. The SMILES string of the molecule is CCOc1ccc(/C=C/C(=O)Nc2nc(-c3ccc4c(c3)NC(=O)CO4)cs2)cc1OC. The molecule has 2 amide bonds. The first-order chi connectivity index (χ1) is 15.6. The molecule has 0 spiro atoms. The number of benzene rings is 2. The minimum Gasteiger partial charge on any atom is -0.493 e. The van der Waals surface area contributed by atoms with Crippen molar-refractivity contribution in [3.05, 3.63) is 53.4 Å². The van der Waals surface area contributed by atoms with E-state index in [1.807, 2.05) is 24.4 Å². The maximum atomic E-state index is 12.3. The van der Waals surface area contributed by atoms with E-state index in [9.17, 15) is 9.59 Å². The molecule has 3 aromatic rings. The van der Waals surface area contributed by atoms with Crippen LogP contribution >= 0.6 is 11.3 Å². The van der Waals surface area contributed by atoms with E-state index >= 15 is 0 Å². The maximum absolute atomic E-state index is 12.3. The maximum Gasteiger partial charge on any atom is 0.262 e. The average molecular weight is 452 g/mol. The zero-order valence-corrected chi connectivity index (χ0v) is 18.3. The summed E-state index contributed by atoms with van der Waals surface area (Å²) in [6.07, 6.45) is 3.12. The van der Waals surface area contributed by atoms with Crippen molar-refractivity contribution >= 4 is 40.0 Å². The highest BCUT2D eigenvalue weighted by Gasteiger charge is 2.17. The molecule has 0 fully saturated rings. The van der Waals surface area contributed by atoms with Crippen molar-refractivity contribution in [2.24, 2.45) is 0 Å². The average Bonchev–Trinajstić information content (AvgIpc) is 3.26. The third-order valence-corrected chi connectivity index (χ3v) is 5.31. The smallest absolute Gasteiger partial charge is 0.262 e. The van der Waals surface area contributed by atoms with Crippen molar-refractivity contribution < 1.29 is 23.8 Å². The Kier molecular flexibility index (Phi) is 6.37. The summed E-state index contributed by atoms with van der Waals surface area (Å²) >= 11 is 1.31. The molecule has 2 heterocycles. The lowest BCUT2D eigenvalue weighted by Gasteiger charge is -2.18. The van der Waals surface area contributed by atoms with E-state index in [2.05, 4.69) is 15.6 Å². The fourth-order valence-corrected chi connectivity index (χ4v) is 3.81. The number of hydrogen-bond acceptors (Lipinski definition) is 7. The first-order valence-corrected chi connectivity index (χ1v) is 10.8. The molecule has 0 atom stereocenters. The molecule has 0 saturated carbocycles. The Balaban J connectivity index is 1.42. The third-order valence-electron chi connectivity index (χ3n) is 4.56. The molecule has 9 heteroatoms. The standard InChI is InChI=1S/C23H21N3O5S/c1-3-30-19-7-4-14(10-20(19)29-2)5-9-21(27)26-23-25-17(13-32-23)15-6-8-18-16(11-15)24-22(28)12-31-18/h4-11,13H,3,12H2,1-2H3,(H,24,28)(H,25,26,27)/b9-5+. The highest BCUT2D eigenvalue weighted by Crippen LogP contribution is 2.34. The summed E-state index contributed by atoms with van der Waals surface area (Å²) in [6, 6.07) is 10.9. The molecule has 2 aromatic carbocycles. The molecular formula is C23H21N3O5S. The van der Waals surface area contributed by atoms with E-state index in [4.69, 9.17) is 14.2 Å². The number of nitrogens with zero attached hydrogens (tertiary/aromatic N) is 1. The van der Waals surface area contributed by atoms with Crippen molar-refractivity contribution in [3.8, 4) is 28.5 Å². The molecule has 0 saturated heterocycles. The van der Waals surface area contributed by atoms with Gasteiger partial charge in [-0.15, -0.1) is 11.3 Å². The van der Waals surface area contributed by atoms with Crippen molar-refractivity contribution in [1.29, 1.82) is 0 Å². The second-order valence-electron chi connectivity index (χ2n) is 6.75. The van der Waals surface area contributed by atoms with Crippen molar-refractivity contribution in [2.45, 2.75) is 6.92 Å². The van der Waals surface area contributed by atoms with E-state index in [0.717, 1.165) is 11.1 Å². The summed E-state index contributed by atoms with van der Waals surface area (Å²) in [5.41, 5.74) is 2.90. The molecule has 8 nitrogen and oxygen atoms in total. The number of thiazole rings is 1. The number of amides is 2. The zero-order chi connectivity index (χ0) is 22.5. The number of ether oxygens (including phenoxy) is 3. The number of carbonyl (C=O) groups excluding carboxylic acids is 2. The summed E-state index contributed by atoms with van der Waals surface area (Å²) in [6.45, 7) is 2.45. The van der Waals surface area contributed by atoms with E-state index in [0.29, 0.717) is 40.4 Å². The lowest BCUT2D eigenvalue weighted by atomic mass is 10.1. The van der Waals surface area contributed by atoms with Gasteiger partial charge >= 0.3 is 0 Å². The molecule has 4 rings (SSSR count). The highest BCUT2D eigenvalue weighted by atomic mass is 32.1. The lowest BCUT2D eigenvalue weighted by molar-refractivity contribution is -0.118. The van der Waals surface area contributed by atoms with Gasteiger partial charge in [0.05, 0.1) is 25.1 Å². The summed E-state index contributed by atoms with van der Waals surface area (Å²) in [7, 11) is 1.57. The molecule has 2 N–H and O–H groups in total. The quantitative estimate of drug-likeness (QED) is 0.523. The molecule has 1 aromatic heterocycles. The lowest BCUT2D eigenvalue weighted by Crippen LogP contribution is -2.25. The van der Waals surface area contributed by atoms with E-state index in [1.54, 1.807) is 37.5 Å². The number of rotatable bonds is 7. The second-order valence-corrected chi connectivity index (χ2v) is 7.61. The fraction of sp³-hybridized carbons (Fsp3) is 0.174. The number of fused-ring (bicyclic) bond motifs is 1. The number of methoxy groups -OCH3 is 1. The summed E-state index contributed by atoms with van der Waals surface area (Å²) in [4.78, 5) is 28.3. The predicted octanol–water partition coefficient (Wildman–Crippen LogP) is 4.20. The molecule has 0 aliphatic carbocycles. The van der Waals surface area contributed by atoms with Crippen molar-refractivity contribution in [3.63, 3.8) is 0 Å². The Morgan fingerprint density at radius 3 is 2.97 bits per heavy atom. The Bertz CT molecular complexity index is 1190. The molecule has 0 radical (unpaired) electrons. The second kappa shape index (κ2) is 9.52. The van der Waals surface area contributed by atoms with Gasteiger partial charge < -0.3 is 19.5 Å². The highest BCUT2D eigenvalue weighted by molar-refractivity contribution is 7.14. The number of aromatic nitrogens is 1. The van der Waals surface area contributed by atoms with Crippen LogP contribution in [0.1, 0.15) is 12.5 Å². The van der Waals surface area contributed by atoms with E-state index in [1.165, 1.54) is 17.4 Å². The Morgan fingerprint density at radius 1 is 1.28 bits per heavy atom. The van der Waals surface area contributed by atoms with E-state index < -0.39 is 0 Å². The molecular weight excluding hydrogens is 430 g/mol. The summed E-state index contributed by atoms with van der Waals surface area (Å²) in [5.74, 6) is 1.38. The third kappa shape index (κ3) is 4.89.